The van der Waals surface area contributed by atoms with Crippen LogP contribution in [-0.2, 0) is 6.54 Å². The van der Waals surface area contributed by atoms with Crippen molar-refractivity contribution in [3.05, 3.63) is 18.8 Å². The van der Waals surface area contributed by atoms with E-state index < -0.39 is 0 Å². The number of oxazole rings is 1. The third kappa shape index (κ3) is 2.68. The lowest BCUT2D eigenvalue weighted by molar-refractivity contribution is 0.452. The van der Waals surface area contributed by atoms with Crippen LogP contribution >= 0.6 is 11.8 Å². The lowest BCUT2D eigenvalue weighted by Crippen LogP contribution is -2.01. The normalized spacial score (nSPS) is 10.8. The van der Waals surface area contributed by atoms with Crippen molar-refractivity contribution in [2.24, 2.45) is 0 Å². The van der Waals surface area contributed by atoms with E-state index >= 15 is 0 Å². The molecule has 0 bridgehead atoms. The van der Waals surface area contributed by atoms with Crippen LogP contribution in [0.5, 0.6) is 0 Å². The molecule has 0 saturated heterocycles. The lowest BCUT2D eigenvalue weighted by atomic mass is 10.3. The molecule has 0 spiro atoms. The number of nitrogens with zero attached hydrogens (tertiary/aromatic N) is 5. The molecule has 106 valence electrons. The number of fused-ring (bicyclic) bond motifs is 1. The molecular weight excluding hydrogens is 288 g/mol. The summed E-state index contributed by atoms with van der Waals surface area (Å²) in [6.45, 7) is 0.695. The average molecular weight is 300 g/mol. The zero-order chi connectivity index (χ0) is 14.7. The molecule has 0 unspecified atom stereocenters. The number of nitrogen functional groups attached to an aromatic ring is 1. The van der Waals surface area contributed by atoms with Crippen LogP contribution in [0.3, 0.4) is 0 Å². The van der Waals surface area contributed by atoms with Gasteiger partial charge in [-0.05, 0) is 6.42 Å². The fourth-order valence-electron chi connectivity index (χ4n) is 1.89. The van der Waals surface area contributed by atoms with Crippen LogP contribution in [0.15, 0.2) is 33.6 Å². The molecule has 0 radical (unpaired) electrons. The number of nitrogens with two attached hydrogens (primary N) is 1. The van der Waals surface area contributed by atoms with Gasteiger partial charge in [0.15, 0.2) is 22.1 Å². The Bertz CT molecular complexity index is 789. The standard InChI is InChI=1S/C13H12N6OS/c1-2-3-4-6-19-11-9(10(14)16-8-17-11)18-12(19)21-13-15-5-7-20-13/h1,5,7-8H,3-4,6H2,(H2,14,16,17). The second-order valence-electron chi connectivity index (χ2n) is 4.18. The minimum atomic E-state index is 0.352. The summed E-state index contributed by atoms with van der Waals surface area (Å²) in [5, 5.41) is 1.21. The first kappa shape index (κ1) is 13.5. The maximum atomic E-state index is 5.86. The highest BCUT2D eigenvalue weighted by Crippen LogP contribution is 2.29. The summed E-state index contributed by atoms with van der Waals surface area (Å²) in [4.78, 5) is 16.8. The van der Waals surface area contributed by atoms with E-state index in [0.717, 1.165) is 6.42 Å². The van der Waals surface area contributed by atoms with Crippen LogP contribution in [0.1, 0.15) is 12.8 Å². The Morgan fingerprint density at radius 2 is 2.29 bits per heavy atom. The number of terminal acetylenes is 1. The fourth-order valence-corrected chi connectivity index (χ4v) is 2.69. The van der Waals surface area contributed by atoms with E-state index in [1.54, 1.807) is 6.20 Å². The van der Waals surface area contributed by atoms with Crippen molar-refractivity contribution < 1.29 is 4.42 Å². The Hall–Kier alpha value is -2.53. The van der Waals surface area contributed by atoms with Gasteiger partial charge < -0.3 is 14.7 Å². The molecule has 8 heteroatoms. The molecule has 3 heterocycles. The maximum absolute atomic E-state index is 5.86. The minimum absolute atomic E-state index is 0.352. The minimum Gasteiger partial charge on any atom is -0.440 e. The van der Waals surface area contributed by atoms with Gasteiger partial charge in [-0.15, -0.1) is 12.3 Å². The number of aromatic nitrogens is 5. The van der Waals surface area contributed by atoms with Crippen molar-refractivity contribution in [1.82, 2.24) is 24.5 Å². The summed E-state index contributed by atoms with van der Waals surface area (Å²) in [5.74, 6) is 2.98. The summed E-state index contributed by atoms with van der Waals surface area (Å²) in [6, 6.07) is 0. The molecule has 0 amide bonds. The van der Waals surface area contributed by atoms with Crippen LogP contribution in [0.2, 0.25) is 0 Å². The van der Waals surface area contributed by atoms with Gasteiger partial charge in [-0.2, -0.15) is 0 Å². The van der Waals surface area contributed by atoms with Gasteiger partial charge >= 0.3 is 0 Å². The highest BCUT2D eigenvalue weighted by molar-refractivity contribution is 7.99. The fraction of sp³-hybridized carbons (Fsp3) is 0.231. The molecule has 21 heavy (non-hydrogen) atoms. The first-order valence-electron chi connectivity index (χ1n) is 6.27. The predicted octanol–water partition coefficient (Wildman–Crippen LogP) is 1.96. The van der Waals surface area contributed by atoms with Gasteiger partial charge in [-0.3, -0.25) is 0 Å². The van der Waals surface area contributed by atoms with Crippen molar-refractivity contribution in [3.8, 4) is 12.3 Å². The van der Waals surface area contributed by atoms with Crippen LogP contribution in [0.4, 0.5) is 5.82 Å². The average Bonchev–Trinajstić information content (AvgIpc) is 3.10. The summed E-state index contributed by atoms with van der Waals surface area (Å²) in [6.07, 6.45) is 11.3. The van der Waals surface area contributed by atoms with Crippen molar-refractivity contribution in [2.75, 3.05) is 5.73 Å². The highest BCUT2D eigenvalue weighted by atomic mass is 32.2. The van der Waals surface area contributed by atoms with E-state index in [4.69, 9.17) is 16.6 Å². The van der Waals surface area contributed by atoms with Gasteiger partial charge in [-0.25, -0.2) is 19.9 Å². The van der Waals surface area contributed by atoms with Gasteiger partial charge in [0.1, 0.15) is 12.6 Å². The molecule has 3 rings (SSSR count). The molecule has 3 aromatic heterocycles. The maximum Gasteiger partial charge on any atom is 0.263 e. The van der Waals surface area contributed by atoms with Crippen molar-refractivity contribution in [2.45, 2.75) is 29.8 Å². The third-order valence-corrected chi connectivity index (χ3v) is 3.69. The summed E-state index contributed by atoms with van der Waals surface area (Å²) < 4.78 is 7.20. The van der Waals surface area contributed by atoms with Crippen molar-refractivity contribution >= 4 is 28.7 Å². The van der Waals surface area contributed by atoms with Gasteiger partial charge in [0.2, 0.25) is 0 Å². The monoisotopic (exact) mass is 300 g/mol. The Balaban J connectivity index is 2.02. The molecule has 0 saturated carbocycles. The lowest BCUT2D eigenvalue weighted by Gasteiger charge is -2.05. The van der Waals surface area contributed by atoms with Crippen LogP contribution in [0, 0.1) is 12.3 Å². The van der Waals surface area contributed by atoms with Gasteiger partial charge in [0, 0.05) is 24.7 Å². The summed E-state index contributed by atoms with van der Waals surface area (Å²) in [5.41, 5.74) is 7.12. The predicted molar refractivity (Wildman–Crippen MR) is 78.4 cm³/mol. The Labute approximate surface area is 125 Å². The van der Waals surface area contributed by atoms with E-state index in [-0.39, 0.29) is 0 Å². The second-order valence-corrected chi connectivity index (χ2v) is 5.10. The van der Waals surface area contributed by atoms with E-state index in [1.165, 1.54) is 24.4 Å². The van der Waals surface area contributed by atoms with Crippen LogP contribution < -0.4 is 5.73 Å². The number of rotatable bonds is 5. The second kappa shape index (κ2) is 5.85. The SMILES string of the molecule is C#CCCCn1c(Sc2ncco2)nc2c(N)ncnc21. The summed E-state index contributed by atoms with van der Waals surface area (Å²) >= 11 is 1.31. The van der Waals surface area contributed by atoms with Crippen molar-refractivity contribution in [1.29, 1.82) is 0 Å². The first-order chi connectivity index (χ1) is 10.3. The molecular formula is C13H12N6OS. The number of anilines is 1. The van der Waals surface area contributed by atoms with E-state index in [1.807, 2.05) is 4.57 Å². The molecule has 2 N–H and O–H groups in total. The topological polar surface area (TPSA) is 95.7 Å². The number of hydrogen-bond donors (Lipinski definition) is 1. The zero-order valence-electron chi connectivity index (χ0n) is 11.1. The smallest absolute Gasteiger partial charge is 0.263 e. The van der Waals surface area contributed by atoms with E-state index in [0.29, 0.717) is 40.3 Å². The first-order valence-corrected chi connectivity index (χ1v) is 7.08. The van der Waals surface area contributed by atoms with Crippen LogP contribution in [0.25, 0.3) is 11.2 Å². The molecule has 0 aliphatic carbocycles. The van der Waals surface area contributed by atoms with E-state index in [9.17, 15) is 0 Å². The van der Waals surface area contributed by atoms with E-state index in [2.05, 4.69) is 25.9 Å². The zero-order valence-corrected chi connectivity index (χ0v) is 11.9. The van der Waals surface area contributed by atoms with Gasteiger partial charge in [-0.1, -0.05) is 0 Å². The number of hydrogen-bond acceptors (Lipinski definition) is 7. The molecule has 7 nitrogen and oxygen atoms in total. The molecule has 0 aliphatic heterocycles. The quantitative estimate of drug-likeness (QED) is 0.568. The van der Waals surface area contributed by atoms with Gasteiger partial charge in [0.25, 0.3) is 5.22 Å². The molecule has 0 aromatic carbocycles. The number of imidazole rings is 1. The molecule has 0 aliphatic rings. The van der Waals surface area contributed by atoms with Crippen LogP contribution in [-0.4, -0.2) is 24.5 Å². The Kier molecular flexibility index (Phi) is 3.75. The number of unbranched alkanes of at least 4 members (excludes halogenated alkanes) is 1. The Morgan fingerprint density at radius 1 is 1.38 bits per heavy atom. The largest absolute Gasteiger partial charge is 0.440 e. The molecule has 0 fully saturated rings. The number of aryl methyl sites for hydroxylation is 1. The highest BCUT2D eigenvalue weighted by Gasteiger charge is 2.16. The third-order valence-electron chi connectivity index (χ3n) is 2.82. The summed E-state index contributed by atoms with van der Waals surface area (Å²) in [7, 11) is 0. The molecule has 3 aromatic rings. The molecule has 0 atom stereocenters. The van der Waals surface area contributed by atoms with Crippen molar-refractivity contribution in [3.63, 3.8) is 0 Å². The van der Waals surface area contributed by atoms with Gasteiger partial charge in [0.05, 0.1) is 6.20 Å². The Morgan fingerprint density at radius 3 is 3.05 bits per heavy atom.